The van der Waals surface area contributed by atoms with Gasteiger partial charge in [-0.1, -0.05) is 29.8 Å². The molecule has 3 heterocycles. The van der Waals surface area contributed by atoms with Crippen LogP contribution in [0.25, 0.3) is 5.82 Å². The summed E-state index contributed by atoms with van der Waals surface area (Å²) in [7, 11) is 0. The minimum Gasteiger partial charge on any atom is -0.367 e. The number of nitrogens with zero attached hydrogens (tertiary/aromatic N) is 5. The van der Waals surface area contributed by atoms with Crippen LogP contribution < -0.4 is 4.90 Å². The van der Waals surface area contributed by atoms with Gasteiger partial charge in [-0.25, -0.2) is 9.67 Å². The normalized spacial score (nSPS) is 14.8. The molecule has 1 aliphatic rings. The highest BCUT2D eigenvalue weighted by Crippen LogP contribution is 2.34. The summed E-state index contributed by atoms with van der Waals surface area (Å²) in [6.07, 6.45) is -2.44. The van der Waals surface area contributed by atoms with E-state index in [2.05, 4.69) is 10.1 Å². The maximum absolute atomic E-state index is 13.8. The van der Waals surface area contributed by atoms with Gasteiger partial charge in [-0.2, -0.15) is 18.3 Å². The van der Waals surface area contributed by atoms with E-state index in [9.17, 15) is 18.0 Å². The fourth-order valence-electron chi connectivity index (χ4n) is 3.46. The highest BCUT2D eigenvalue weighted by atomic mass is 35.5. The Balaban J connectivity index is 1.57. The van der Waals surface area contributed by atoms with Gasteiger partial charge in [0.1, 0.15) is 0 Å². The minimum atomic E-state index is -4.77. The zero-order valence-electron chi connectivity index (χ0n) is 15.7. The largest absolute Gasteiger partial charge is 0.434 e. The van der Waals surface area contributed by atoms with Crippen LogP contribution in [0, 0.1) is 0 Å². The van der Waals surface area contributed by atoms with Crippen molar-refractivity contribution in [3.8, 4) is 5.82 Å². The molecule has 1 amide bonds. The molecule has 0 saturated carbocycles. The lowest BCUT2D eigenvalue weighted by molar-refractivity contribution is -0.143. The Morgan fingerprint density at radius 2 is 1.70 bits per heavy atom. The van der Waals surface area contributed by atoms with Gasteiger partial charge in [0.15, 0.2) is 11.5 Å². The van der Waals surface area contributed by atoms with E-state index in [0.29, 0.717) is 22.8 Å². The molecule has 0 N–H and O–H groups in total. The van der Waals surface area contributed by atoms with Crippen molar-refractivity contribution in [3.63, 3.8) is 0 Å². The first-order chi connectivity index (χ1) is 14.4. The quantitative estimate of drug-likeness (QED) is 0.626. The second kappa shape index (κ2) is 7.98. The van der Waals surface area contributed by atoms with E-state index >= 15 is 0 Å². The number of aromatic nitrogens is 3. The fourth-order valence-corrected chi connectivity index (χ4v) is 3.71. The SMILES string of the molecule is O=C(c1cnn(-c2ccccn2)c1C(F)(F)F)N1CCN(c2ccccc2Cl)CC1. The number of halogens is 4. The third kappa shape index (κ3) is 3.85. The average molecular weight is 436 g/mol. The number of benzene rings is 1. The molecular weight excluding hydrogens is 419 g/mol. The summed E-state index contributed by atoms with van der Waals surface area (Å²) in [6.45, 7) is 1.47. The van der Waals surface area contributed by atoms with Crippen LogP contribution in [-0.4, -0.2) is 51.8 Å². The van der Waals surface area contributed by atoms with Crippen LogP contribution in [-0.2, 0) is 6.18 Å². The molecule has 10 heteroatoms. The molecule has 2 aromatic heterocycles. The number of alkyl halides is 3. The molecule has 1 aromatic carbocycles. The van der Waals surface area contributed by atoms with Gasteiger partial charge in [-0.05, 0) is 24.3 Å². The summed E-state index contributed by atoms with van der Waals surface area (Å²) in [5.74, 6) is -0.712. The van der Waals surface area contributed by atoms with Crippen LogP contribution in [0.15, 0.2) is 54.9 Å². The number of anilines is 1. The van der Waals surface area contributed by atoms with Gasteiger partial charge in [-0.15, -0.1) is 0 Å². The zero-order valence-corrected chi connectivity index (χ0v) is 16.4. The van der Waals surface area contributed by atoms with Crippen LogP contribution in [0.1, 0.15) is 16.1 Å². The maximum Gasteiger partial charge on any atom is 0.434 e. The van der Waals surface area contributed by atoms with E-state index in [1.807, 2.05) is 23.1 Å². The number of hydrogen-bond donors (Lipinski definition) is 0. The molecule has 0 aliphatic carbocycles. The predicted octanol–water partition coefficient (Wildman–Crippen LogP) is 3.90. The Morgan fingerprint density at radius 1 is 1.00 bits per heavy atom. The molecule has 0 unspecified atom stereocenters. The highest BCUT2D eigenvalue weighted by Gasteiger charge is 2.42. The maximum atomic E-state index is 13.8. The Labute approximate surface area is 175 Å². The molecule has 1 fully saturated rings. The number of rotatable bonds is 3. The third-order valence-corrected chi connectivity index (χ3v) is 5.21. The molecule has 6 nitrogen and oxygen atoms in total. The molecule has 3 aromatic rings. The third-order valence-electron chi connectivity index (χ3n) is 4.89. The summed E-state index contributed by atoms with van der Waals surface area (Å²) in [6, 6.07) is 11.9. The Bertz CT molecular complexity index is 1050. The Kier molecular flexibility index (Phi) is 5.38. The number of pyridine rings is 1. The fraction of sp³-hybridized carbons (Fsp3) is 0.250. The second-order valence-corrected chi connectivity index (χ2v) is 7.14. The summed E-state index contributed by atoms with van der Waals surface area (Å²) in [5, 5.41) is 4.39. The van der Waals surface area contributed by atoms with E-state index in [4.69, 9.17) is 11.6 Å². The number of carbonyl (C=O) groups is 1. The van der Waals surface area contributed by atoms with Crippen molar-refractivity contribution < 1.29 is 18.0 Å². The van der Waals surface area contributed by atoms with Gasteiger partial charge < -0.3 is 9.80 Å². The molecule has 0 bridgehead atoms. The molecule has 4 rings (SSSR count). The summed E-state index contributed by atoms with van der Waals surface area (Å²) in [5.41, 5.74) is -0.774. The van der Waals surface area contributed by atoms with E-state index in [1.165, 1.54) is 17.2 Å². The number of para-hydroxylation sites is 1. The number of piperazine rings is 1. The lowest BCUT2D eigenvalue weighted by atomic mass is 10.1. The van der Waals surface area contributed by atoms with Crippen molar-refractivity contribution in [2.24, 2.45) is 0 Å². The highest BCUT2D eigenvalue weighted by molar-refractivity contribution is 6.33. The summed E-state index contributed by atoms with van der Waals surface area (Å²) < 4.78 is 42.1. The smallest absolute Gasteiger partial charge is 0.367 e. The van der Waals surface area contributed by atoms with Crippen LogP contribution in [0.5, 0.6) is 0 Å². The molecular formula is C20H17ClF3N5O. The van der Waals surface area contributed by atoms with Gasteiger partial charge in [0.2, 0.25) is 0 Å². The van der Waals surface area contributed by atoms with E-state index < -0.39 is 23.3 Å². The van der Waals surface area contributed by atoms with Crippen molar-refractivity contribution in [2.45, 2.75) is 6.18 Å². The molecule has 30 heavy (non-hydrogen) atoms. The van der Waals surface area contributed by atoms with Crippen molar-refractivity contribution in [2.75, 3.05) is 31.1 Å². The molecule has 0 radical (unpaired) electrons. The van der Waals surface area contributed by atoms with Crippen LogP contribution >= 0.6 is 11.6 Å². The van der Waals surface area contributed by atoms with Gasteiger partial charge in [-0.3, -0.25) is 4.79 Å². The Hall–Kier alpha value is -3.07. The second-order valence-electron chi connectivity index (χ2n) is 6.74. The molecule has 156 valence electrons. The van der Waals surface area contributed by atoms with E-state index in [-0.39, 0.29) is 18.9 Å². The number of amides is 1. The number of hydrogen-bond acceptors (Lipinski definition) is 4. The summed E-state index contributed by atoms with van der Waals surface area (Å²) >= 11 is 6.22. The van der Waals surface area contributed by atoms with Gasteiger partial charge in [0.05, 0.1) is 22.5 Å². The van der Waals surface area contributed by atoms with Crippen LogP contribution in [0.2, 0.25) is 5.02 Å². The Morgan fingerprint density at radius 3 is 2.33 bits per heavy atom. The average Bonchev–Trinajstić information content (AvgIpc) is 3.20. The lowest BCUT2D eigenvalue weighted by Gasteiger charge is -2.36. The first kappa shape index (κ1) is 20.2. The van der Waals surface area contributed by atoms with Crippen LogP contribution in [0.4, 0.5) is 18.9 Å². The standard InChI is InChI=1S/C20H17ClF3N5O/c21-15-5-1-2-6-16(15)27-9-11-28(12-10-27)19(30)14-13-26-29(18(14)20(22,23)24)17-7-3-4-8-25-17/h1-8,13H,9-12H2. The van der Waals surface area contributed by atoms with Gasteiger partial charge in [0, 0.05) is 32.4 Å². The van der Waals surface area contributed by atoms with E-state index in [1.54, 1.807) is 18.2 Å². The van der Waals surface area contributed by atoms with Gasteiger partial charge in [0.25, 0.3) is 5.91 Å². The summed E-state index contributed by atoms with van der Waals surface area (Å²) in [4.78, 5) is 20.3. The number of carbonyl (C=O) groups excluding carboxylic acids is 1. The van der Waals surface area contributed by atoms with Crippen molar-refractivity contribution >= 4 is 23.2 Å². The van der Waals surface area contributed by atoms with Crippen molar-refractivity contribution in [3.05, 3.63) is 71.1 Å². The molecule has 0 atom stereocenters. The lowest BCUT2D eigenvalue weighted by Crippen LogP contribution is -2.49. The molecule has 0 spiro atoms. The monoisotopic (exact) mass is 435 g/mol. The van der Waals surface area contributed by atoms with Crippen LogP contribution in [0.3, 0.4) is 0 Å². The zero-order chi connectivity index (χ0) is 21.3. The van der Waals surface area contributed by atoms with Gasteiger partial charge >= 0.3 is 6.18 Å². The topological polar surface area (TPSA) is 54.3 Å². The minimum absolute atomic E-state index is 0.00702. The first-order valence-corrected chi connectivity index (χ1v) is 9.59. The predicted molar refractivity (Wildman–Crippen MR) is 106 cm³/mol. The van der Waals surface area contributed by atoms with Crippen molar-refractivity contribution in [1.82, 2.24) is 19.7 Å². The molecule has 1 saturated heterocycles. The van der Waals surface area contributed by atoms with Crippen molar-refractivity contribution in [1.29, 1.82) is 0 Å². The molecule has 1 aliphatic heterocycles. The first-order valence-electron chi connectivity index (χ1n) is 9.21. The van der Waals surface area contributed by atoms with E-state index in [0.717, 1.165) is 11.9 Å².